The minimum atomic E-state index is -3.92. The molecule has 0 bridgehead atoms. The fourth-order valence-electron chi connectivity index (χ4n) is 7.53. The SMILES string of the molecule is C=C[C@@H]1C[C@]1(CC(=O)[C@@H]1C[C@@H](OC(=O)N2Cc3cccc(F)c3C2)CN1C(=O)[C@H](CCC(=O)/C=C/C1CC1)CC(=O)OC(C)(C)C)C(=O)NS(=O)(=O)C1CC1. The van der Waals surface area contributed by atoms with Crippen LogP contribution in [0.5, 0.6) is 0 Å². The fourth-order valence-corrected chi connectivity index (χ4v) is 8.92. The summed E-state index contributed by atoms with van der Waals surface area (Å²) in [5.41, 5.74) is -1.25. The second kappa shape index (κ2) is 15.6. The first-order valence-electron chi connectivity index (χ1n) is 19.1. The van der Waals surface area contributed by atoms with Gasteiger partial charge in [-0.05, 0) is 88.8 Å². The van der Waals surface area contributed by atoms with Crippen molar-refractivity contribution in [3.05, 3.63) is 60.0 Å². The number of amides is 3. The monoisotopic (exact) mass is 783 g/mol. The smallest absolute Gasteiger partial charge is 0.410 e. The highest BCUT2D eigenvalue weighted by atomic mass is 32.2. The molecule has 1 N–H and O–H groups in total. The van der Waals surface area contributed by atoms with E-state index in [9.17, 15) is 41.6 Å². The van der Waals surface area contributed by atoms with E-state index in [1.165, 1.54) is 28.0 Å². The van der Waals surface area contributed by atoms with Gasteiger partial charge in [-0.1, -0.05) is 24.3 Å². The zero-order valence-corrected chi connectivity index (χ0v) is 32.4. The number of likely N-dealkylation sites (tertiary alicyclic amines) is 1. The number of allylic oxidation sites excluding steroid dienone is 3. The molecule has 1 saturated heterocycles. The number of halogens is 1. The van der Waals surface area contributed by atoms with Gasteiger partial charge in [-0.2, -0.15) is 0 Å². The van der Waals surface area contributed by atoms with E-state index in [4.69, 9.17) is 9.47 Å². The Morgan fingerprint density at radius 3 is 2.44 bits per heavy atom. The van der Waals surface area contributed by atoms with E-state index in [-0.39, 0.29) is 57.5 Å². The molecule has 13 nitrogen and oxygen atoms in total. The van der Waals surface area contributed by atoms with Crippen molar-refractivity contribution in [2.75, 3.05) is 6.54 Å². The maximum atomic E-state index is 14.5. The van der Waals surface area contributed by atoms with Crippen LogP contribution in [-0.4, -0.2) is 83.2 Å². The van der Waals surface area contributed by atoms with Gasteiger partial charge in [-0.15, -0.1) is 6.58 Å². The van der Waals surface area contributed by atoms with Crippen molar-refractivity contribution in [3.8, 4) is 0 Å². The number of nitrogens with zero attached hydrogens (tertiary/aromatic N) is 2. The number of hydrogen-bond acceptors (Lipinski definition) is 10. The molecule has 0 radical (unpaired) electrons. The van der Waals surface area contributed by atoms with Gasteiger partial charge >= 0.3 is 12.1 Å². The van der Waals surface area contributed by atoms with Crippen LogP contribution in [0.4, 0.5) is 9.18 Å². The molecule has 6 rings (SSSR count). The lowest BCUT2D eigenvalue weighted by atomic mass is 9.90. The number of hydrogen-bond donors (Lipinski definition) is 1. The first kappa shape index (κ1) is 40.3. The Hall–Kier alpha value is -4.40. The summed E-state index contributed by atoms with van der Waals surface area (Å²) in [6.45, 7) is 8.68. The minimum absolute atomic E-state index is 0.0186. The molecule has 0 aromatic heterocycles. The van der Waals surface area contributed by atoms with E-state index in [0.717, 1.165) is 12.8 Å². The van der Waals surface area contributed by atoms with Crippen molar-refractivity contribution in [1.82, 2.24) is 14.5 Å². The van der Waals surface area contributed by atoms with Gasteiger partial charge in [0.25, 0.3) is 0 Å². The molecule has 2 heterocycles. The van der Waals surface area contributed by atoms with Crippen LogP contribution in [0.15, 0.2) is 43.0 Å². The summed E-state index contributed by atoms with van der Waals surface area (Å²) in [6, 6.07) is 3.36. The second-order valence-electron chi connectivity index (χ2n) is 16.7. The van der Waals surface area contributed by atoms with Gasteiger partial charge in [-0.25, -0.2) is 17.6 Å². The number of sulfonamides is 1. The lowest BCUT2D eigenvalue weighted by Gasteiger charge is -2.29. The molecule has 1 aromatic rings. The van der Waals surface area contributed by atoms with Crippen molar-refractivity contribution >= 4 is 45.5 Å². The fraction of sp³-hybridized carbons (Fsp3) is 0.600. The number of rotatable bonds is 16. The molecule has 3 amide bonds. The molecular weight excluding hydrogens is 734 g/mol. The summed E-state index contributed by atoms with van der Waals surface area (Å²) >= 11 is 0. The number of benzene rings is 1. The first-order valence-corrected chi connectivity index (χ1v) is 20.6. The highest BCUT2D eigenvalue weighted by Gasteiger charge is 2.61. The number of Topliss-reactive ketones (excluding diaryl/α,β-unsaturated/α-hetero) is 1. The molecule has 3 aliphatic carbocycles. The lowest BCUT2D eigenvalue weighted by molar-refractivity contribution is -0.159. The Balaban J connectivity index is 1.23. The van der Waals surface area contributed by atoms with Crippen LogP contribution in [-0.2, 0) is 56.6 Å². The molecule has 3 saturated carbocycles. The molecule has 5 atom stereocenters. The standard InChI is InChI=1S/C40H50FN3O10S/c1-5-27-19-40(27,37(49)42-55(51,52)30-15-16-30)20-34(46)33-18-29(53-38(50)43-21-26-7-6-8-32(41)31(26)23-43)22-44(33)36(48)25(17-35(47)54-39(2,3)4)12-14-28(45)13-11-24-9-10-24/h5-8,11,13,24-25,27,29-30,33H,1,9-10,12,14-23H2,2-4H3,(H,42,49)/b13-11+/t25-,27-,29-,33+,40-/m1/s1. The van der Waals surface area contributed by atoms with Gasteiger partial charge in [0.15, 0.2) is 11.6 Å². The molecule has 0 spiro atoms. The molecule has 55 heavy (non-hydrogen) atoms. The number of ether oxygens (including phenoxy) is 2. The summed E-state index contributed by atoms with van der Waals surface area (Å²) in [5.74, 6) is -4.51. The van der Waals surface area contributed by atoms with E-state index in [2.05, 4.69) is 11.3 Å². The number of carbonyl (C=O) groups is 6. The maximum absolute atomic E-state index is 14.5. The van der Waals surface area contributed by atoms with E-state index in [1.54, 1.807) is 32.9 Å². The van der Waals surface area contributed by atoms with Gasteiger partial charge < -0.3 is 14.4 Å². The third-order valence-electron chi connectivity index (χ3n) is 11.0. The van der Waals surface area contributed by atoms with E-state index in [1.807, 2.05) is 6.08 Å². The third-order valence-corrected chi connectivity index (χ3v) is 12.8. The molecule has 4 fully saturated rings. The Bertz CT molecular complexity index is 1900. The zero-order valence-electron chi connectivity index (χ0n) is 31.6. The van der Waals surface area contributed by atoms with Crippen molar-refractivity contribution < 1.29 is 51.0 Å². The molecule has 298 valence electrons. The van der Waals surface area contributed by atoms with Crippen LogP contribution < -0.4 is 4.72 Å². The van der Waals surface area contributed by atoms with Crippen LogP contribution in [0.25, 0.3) is 0 Å². The van der Waals surface area contributed by atoms with Crippen LogP contribution in [0, 0.1) is 29.0 Å². The molecule has 15 heteroatoms. The number of nitrogens with one attached hydrogen (secondary N) is 1. The van der Waals surface area contributed by atoms with Gasteiger partial charge in [0.05, 0.1) is 36.2 Å². The van der Waals surface area contributed by atoms with Crippen molar-refractivity contribution in [2.45, 2.75) is 121 Å². The number of esters is 1. The Morgan fingerprint density at radius 2 is 1.82 bits per heavy atom. The Morgan fingerprint density at radius 1 is 1.09 bits per heavy atom. The van der Waals surface area contributed by atoms with Crippen LogP contribution >= 0.6 is 0 Å². The Kier molecular flexibility index (Phi) is 11.4. The largest absolute Gasteiger partial charge is 0.460 e. The maximum Gasteiger partial charge on any atom is 0.410 e. The second-order valence-corrected chi connectivity index (χ2v) is 18.7. The van der Waals surface area contributed by atoms with Gasteiger partial charge in [0.2, 0.25) is 21.8 Å². The topological polar surface area (TPSA) is 174 Å². The summed E-state index contributed by atoms with van der Waals surface area (Å²) < 4.78 is 53.4. The summed E-state index contributed by atoms with van der Waals surface area (Å²) in [6.07, 6.45) is 5.16. The number of fused-ring (bicyclic) bond motifs is 1. The van der Waals surface area contributed by atoms with E-state index >= 15 is 0 Å². The average molecular weight is 784 g/mol. The predicted octanol–water partition coefficient (Wildman–Crippen LogP) is 4.67. The van der Waals surface area contributed by atoms with Crippen LogP contribution in [0.2, 0.25) is 0 Å². The third kappa shape index (κ3) is 9.71. The number of carbonyl (C=O) groups excluding carboxylic acids is 6. The molecule has 5 aliphatic rings. The minimum Gasteiger partial charge on any atom is -0.460 e. The molecule has 1 aromatic carbocycles. The number of ketones is 2. The molecule has 0 unspecified atom stereocenters. The summed E-state index contributed by atoms with van der Waals surface area (Å²) in [4.78, 5) is 84.2. The Labute approximate surface area is 321 Å². The van der Waals surface area contributed by atoms with Crippen molar-refractivity contribution in [1.29, 1.82) is 0 Å². The van der Waals surface area contributed by atoms with E-state index in [0.29, 0.717) is 29.9 Å². The highest BCUT2D eigenvalue weighted by molar-refractivity contribution is 7.90. The highest BCUT2D eigenvalue weighted by Crippen LogP contribution is 2.57. The normalized spacial score (nSPS) is 25.3. The summed E-state index contributed by atoms with van der Waals surface area (Å²) in [5, 5.41) is -0.665. The summed E-state index contributed by atoms with van der Waals surface area (Å²) in [7, 11) is -3.92. The van der Waals surface area contributed by atoms with Crippen molar-refractivity contribution in [2.24, 2.45) is 23.2 Å². The van der Waals surface area contributed by atoms with Crippen LogP contribution in [0.3, 0.4) is 0 Å². The van der Waals surface area contributed by atoms with Gasteiger partial charge in [0, 0.05) is 37.3 Å². The predicted molar refractivity (Wildman–Crippen MR) is 197 cm³/mol. The average Bonchev–Trinajstić information content (AvgIpc) is 4.04. The van der Waals surface area contributed by atoms with Gasteiger partial charge in [-0.3, -0.25) is 33.6 Å². The molecule has 2 aliphatic heterocycles. The van der Waals surface area contributed by atoms with Crippen molar-refractivity contribution in [3.63, 3.8) is 0 Å². The van der Waals surface area contributed by atoms with Gasteiger partial charge in [0.1, 0.15) is 17.5 Å². The molecular formula is C40H50FN3O10S. The van der Waals surface area contributed by atoms with Crippen LogP contribution in [0.1, 0.15) is 96.1 Å². The zero-order chi connectivity index (χ0) is 39.9. The quantitative estimate of drug-likeness (QED) is 0.141. The lowest BCUT2D eigenvalue weighted by Crippen LogP contribution is -2.46. The first-order chi connectivity index (χ1) is 25.9. The van der Waals surface area contributed by atoms with E-state index < -0.39 is 92.2 Å².